The summed E-state index contributed by atoms with van der Waals surface area (Å²) in [5, 5.41) is 16.3. The van der Waals surface area contributed by atoms with Crippen LogP contribution < -0.4 is 33.2 Å². The first-order chi connectivity index (χ1) is 13.7. The van der Waals surface area contributed by atoms with Crippen LogP contribution in [0.4, 0.5) is 0 Å². The molecule has 29 heavy (non-hydrogen) atoms. The molecule has 3 unspecified atom stereocenters. The Hall–Kier alpha value is -2.38. The summed E-state index contributed by atoms with van der Waals surface area (Å²) in [4.78, 5) is 58.6. The number of rotatable bonds is 15. The zero-order valence-corrected chi connectivity index (χ0v) is 17.0. The number of unbranched alkanes of at least 4 members (excludes halogenated alkanes) is 1. The molecule has 0 bridgehead atoms. The van der Waals surface area contributed by atoms with E-state index in [1.54, 1.807) is 0 Å². The van der Waals surface area contributed by atoms with Gasteiger partial charge in [0.05, 0.1) is 6.54 Å². The lowest BCUT2D eigenvalue weighted by molar-refractivity contribution is -0.142. The molecule has 13 heteroatoms. The number of primary amides is 1. The highest BCUT2D eigenvalue weighted by Crippen LogP contribution is 2.03. The normalized spacial score (nSPS) is 13.6. The van der Waals surface area contributed by atoms with Crippen molar-refractivity contribution in [1.29, 1.82) is 0 Å². The Labute approximate surface area is 174 Å². The molecule has 4 amide bonds. The quantitative estimate of drug-likeness (QED) is 0.0966. The Morgan fingerprint density at radius 3 is 1.93 bits per heavy atom. The number of carbonyl (C=O) groups is 5. The molecule has 0 aromatic heterocycles. The van der Waals surface area contributed by atoms with Crippen LogP contribution in [-0.4, -0.2) is 71.7 Å². The number of carbonyl (C=O) groups excluding carboxylic acids is 4. The van der Waals surface area contributed by atoms with Crippen LogP contribution in [0.25, 0.3) is 0 Å². The van der Waals surface area contributed by atoms with E-state index in [1.165, 1.54) is 0 Å². The number of hydrogen-bond donors (Lipinski definition) is 8. The third-order valence-electron chi connectivity index (χ3n) is 3.89. The Morgan fingerprint density at radius 1 is 0.862 bits per heavy atom. The molecule has 10 N–H and O–H groups in total. The molecule has 0 aliphatic heterocycles. The molecule has 0 fully saturated rings. The molecule has 166 valence electrons. The highest BCUT2D eigenvalue weighted by atomic mass is 32.1. The number of hydrogen-bond acceptors (Lipinski definition) is 8. The van der Waals surface area contributed by atoms with Gasteiger partial charge >= 0.3 is 5.97 Å². The SMILES string of the molecule is NCCCCC(NC(=O)C(CS)NC(=O)C(CCC(N)=O)NC(=O)CN)C(=O)O. The molecule has 0 rings (SSSR count). The first-order valence-electron chi connectivity index (χ1n) is 9.08. The molecule has 0 aliphatic rings. The zero-order valence-electron chi connectivity index (χ0n) is 16.1. The van der Waals surface area contributed by atoms with Gasteiger partial charge in [-0.05, 0) is 32.2 Å². The van der Waals surface area contributed by atoms with E-state index in [4.69, 9.17) is 17.2 Å². The predicted molar refractivity (Wildman–Crippen MR) is 108 cm³/mol. The minimum absolute atomic E-state index is 0.0926. The van der Waals surface area contributed by atoms with Crippen molar-refractivity contribution in [2.24, 2.45) is 17.2 Å². The van der Waals surface area contributed by atoms with Crippen molar-refractivity contribution in [2.45, 2.75) is 50.2 Å². The van der Waals surface area contributed by atoms with Crippen LogP contribution in [0.15, 0.2) is 0 Å². The van der Waals surface area contributed by atoms with Crippen molar-refractivity contribution in [2.75, 3.05) is 18.8 Å². The van der Waals surface area contributed by atoms with E-state index in [1.807, 2.05) is 0 Å². The first kappa shape index (κ1) is 26.6. The molecule has 12 nitrogen and oxygen atoms in total. The predicted octanol–water partition coefficient (Wildman–Crippen LogP) is -3.19. The Kier molecular flexibility index (Phi) is 13.4. The summed E-state index contributed by atoms with van der Waals surface area (Å²) >= 11 is 4.01. The van der Waals surface area contributed by atoms with Crippen LogP contribution in [0.3, 0.4) is 0 Å². The molecular weight excluding hydrogens is 404 g/mol. The minimum Gasteiger partial charge on any atom is -0.480 e. The fourth-order valence-corrected chi connectivity index (χ4v) is 2.55. The van der Waals surface area contributed by atoms with Crippen molar-refractivity contribution < 1.29 is 29.1 Å². The average molecular weight is 435 g/mol. The summed E-state index contributed by atoms with van der Waals surface area (Å²) in [6.45, 7) is 0.0245. The molecule has 0 aromatic rings. The summed E-state index contributed by atoms with van der Waals surface area (Å²) in [7, 11) is 0. The molecular formula is C16H30N6O6S. The van der Waals surface area contributed by atoms with Gasteiger partial charge in [0.25, 0.3) is 0 Å². The van der Waals surface area contributed by atoms with Crippen LogP contribution in [0.1, 0.15) is 32.1 Å². The van der Waals surface area contributed by atoms with E-state index in [0.717, 1.165) is 0 Å². The fraction of sp³-hybridized carbons (Fsp3) is 0.688. The van der Waals surface area contributed by atoms with Crippen LogP contribution in [0.2, 0.25) is 0 Å². The summed E-state index contributed by atoms with van der Waals surface area (Å²) in [6.07, 6.45) is 1.02. The summed E-state index contributed by atoms with van der Waals surface area (Å²) in [6, 6.07) is -3.45. The molecule has 0 saturated carbocycles. The van der Waals surface area contributed by atoms with Gasteiger partial charge in [-0.25, -0.2) is 4.79 Å². The maximum Gasteiger partial charge on any atom is 0.326 e. The van der Waals surface area contributed by atoms with E-state index in [2.05, 4.69) is 28.6 Å². The summed E-state index contributed by atoms with van der Waals surface area (Å²) < 4.78 is 0. The van der Waals surface area contributed by atoms with E-state index in [-0.39, 0.29) is 31.6 Å². The number of nitrogens with one attached hydrogen (secondary N) is 3. The largest absolute Gasteiger partial charge is 0.480 e. The second kappa shape index (κ2) is 14.6. The van der Waals surface area contributed by atoms with E-state index < -0.39 is 47.7 Å². The van der Waals surface area contributed by atoms with Gasteiger partial charge in [-0.2, -0.15) is 12.6 Å². The van der Waals surface area contributed by atoms with Crippen LogP contribution in [0, 0.1) is 0 Å². The second-order valence-electron chi connectivity index (χ2n) is 6.26. The van der Waals surface area contributed by atoms with Gasteiger partial charge in [-0.1, -0.05) is 0 Å². The number of carboxylic acid groups (broad SMARTS) is 1. The summed E-state index contributed by atoms with van der Waals surface area (Å²) in [5.41, 5.74) is 15.6. The van der Waals surface area contributed by atoms with Crippen molar-refractivity contribution in [3.05, 3.63) is 0 Å². The van der Waals surface area contributed by atoms with E-state index in [0.29, 0.717) is 19.4 Å². The Morgan fingerprint density at radius 2 is 1.45 bits per heavy atom. The molecule has 0 aliphatic carbocycles. The molecule has 0 heterocycles. The number of nitrogens with two attached hydrogens (primary N) is 3. The molecule has 0 saturated heterocycles. The van der Waals surface area contributed by atoms with Gasteiger partial charge in [0.1, 0.15) is 18.1 Å². The lowest BCUT2D eigenvalue weighted by Crippen LogP contribution is -2.57. The lowest BCUT2D eigenvalue weighted by Gasteiger charge is -2.23. The number of thiol groups is 1. The van der Waals surface area contributed by atoms with E-state index >= 15 is 0 Å². The van der Waals surface area contributed by atoms with Gasteiger partial charge < -0.3 is 38.3 Å². The average Bonchev–Trinajstić information content (AvgIpc) is 2.67. The van der Waals surface area contributed by atoms with Gasteiger partial charge in [0, 0.05) is 12.2 Å². The maximum atomic E-state index is 12.4. The maximum absolute atomic E-state index is 12.4. The highest BCUT2D eigenvalue weighted by molar-refractivity contribution is 7.80. The third-order valence-corrected chi connectivity index (χ3v) is 4.26. The second-order valence-corrected chi connectivity index (χ2v) is 6.62. The molecule has 0 radical (unpaired) electrons. The number of amides is 4. The van der Waals surface area contributed by atoms with Crippen molar-refractivity contribution in [3.63, 3.8) is 0 Å². The van der Waals surface area contributed by atoms with E-state index in [9.17, 15) is 29.1 Å². The van der Waals surface area contributed by atoms with Crippen LogP contribution in [-0.2, 0) is 24.0 Å². The topological polar surface area (TPSA) is 220 Å². The smallest absolute Gasteiger partial charge is 0.326 e. The van der Waals surface area contributed by atoms with Gasteiger partial charge in [-0.3, -0.25) is 19.2 Å². The van der Waals surface area contributed by atoms with Crippen molar-refractivity contribution in [1.82, 2.24) is 16.0 Å². The molecule has 3 atom stereocenters. The minimum atomic E-state index is -1.21. The van der Waals surface area contributed by atoms with Crippen LogP contribution in [0.5, 0.6) is 0 Å². The number of carboxylic acids is 1. The third kappa shape index (κ3) is 11.3. The van der Waals surface area contributed by atoms with Crippen LogP contribution >= 0.6 is 12.6 Å². The highest BCUT2D eigenvalue weighted by Gasteiger charge is 2.28. The monoisotopic (exact) mass is 434 g/mol. The zero-order chi connectivity index (χ0) is 22.4. The standard InChI is InChI=1S/C16H30N6O6S/c17-6-2-1-3-10(16(27)28)21-15(26)11(8-29)22-14(25)9(4-5-12(19)23)20-13(24)7-18/h9-11,29H,1-8,17-18H2,(H2,19,23)(H,20,24)(H,21,26)(H,22,25)(H,27,28). The molecule has 0 spiro atoms. The van der Waals surface area contributed by atoms with Gasteiger partial charge in [0.2, 0.25) is 23.6 Å². The molecule has 0 aromatic carbocycles. The van der Waals surface area contributed by atoms with Crippen molar-refractivity contribution >= 4 is 42.2 Å². The van der Waals surface area contributed by atoms with Gasteiger partial charge in [-0.15, -0.1) is 0 Å². The Bertz CT molecular complexity index is 590. The fourth-order valence-electron chi connectivity index (χ4n) is 2.30. The van der Waals surface area contributed by atoms with Crippen molar-refractivity contribution in [3.8, 4) is 0 Å². The summed E-state index contributed by atoms with van der Waals surface area (Å²) in [5.74, 6) is -4.14. The Balaban J connectivity index is 5.04. The lowest BCUT2D eigenvalue weighted by atomic mass is 10.1. The number of aliphatic carboxylic acids is 1. The first-order valence-corrected chi connectivity index (χ1v) is 9.71. The van der Waals surface area contributed by atoms with Gasteiger partial charge in [0.15, 0.2) is 0 Å².